The van der Waals surface area contributed by atoms with Crippen LogP contribution in [-0.4, -0.2) is 42.5 Å². The summed E-state index contributed by atoms with van der Waals surface area (Å²) in [6.45, 7) is 5.28. The van der Waals surface area contributed by atoms with Gasteiger partial charge in [0.1, 0.15) is 23.1 Å². The average molecular weight is 537 g/mol. The van der Waals surface area contributed by atoms with Gasteiger partial charge in [-0.2, -0.15) is 0 Å². The van der Waals surface area contributed by atoms with Crippen LogP contribution in [-0.2, 0) is 4.79 Å². The molecular weight excluding hydrogens is 506 g/mol. The molecule has 2 aromatic carbocycles. The Hall–Kier alpha value is -4.77. The molecule has 2 heterocycles. The van der Waals surface area contributed by atoms with E-state index in [1.165, 1.54) is 24.3 Å². The summed E-state index contributed by atoms with van der Waals surface area (Å²) in [5, 5.41) is 10.1. The average Bonchev–Trinajstić information content (AvgIpc) is 3.35. The Morgan fingerprint density at radius 2 is 1.69 bits per heavy atom. The molecule has 2 aromatic heterocycles. The van der Waals surface area contributed by atoms with E-state index in [1.54, 1.807) is 31.3 Å². The van der Waals surface area contributed by atoms with Gasteiger partial charge in [0.25, 0.3) is 0 Å². The van der Waals surface area contributed by atoms with Gasteiger partial charge in [-0.05, 0) is 68.4 Å². The quantitative estimate of drug-likeness (QED) is 0.146. The zero-order chi connectivity index (χ0) is 28.2. The van der Waals surface area contributed by atoms with Crippen LogP contribution in [0.4, 0.5) is 25.0 Å². The van der Waals surface area contributed by atoms with Gasteiger partial charge in [-0.15, -0.1) is 0 Å². The summed E-state index contributed by atoms with van der Waals surface area (Å²) in [5.41, 5.74) is 3.32. The molecule has 204 valence electrons. The van der Waals surface area contributed by atoms with Crippen LogP contribution in [0.15, 0.2) is 67.0 Å². The van der Waals surface area contributed by atoms with Crippen LogP contribution < -0.4 is 26.0 Å². The van der Waals surface area contributed by atoms with Crippen molar-refractivity contribution in [2.24, 2.45) is 0 Å². The summed E-state index contributed by atoms with van der Waals surface area (Å²) >= 11 is 0. The standard InChI is InChI=1S/C24H20F2N4O2.C4H10N2O/c1-14-3-5-18(25)21(9-14)30-24(31)29-20-6-4-16(11-19(20)26)32-17-7-8-27-23(12-17)22-10-15(2)13-28-22;1-5-2-3-6-4-7/h3-13,28H,1-2H3,(H2,29,30,31);4-5H,2-3H2,1H3,(H,6,7). The molecule has 0 saturated carbocycles. The first-order chi connectivity index (χ1) is 18.8. The monoisotopic (exact) mass is 536 g/mol. The molecule has 0 radical (unpaired) electrons. The molecule has 11 heteroatoms. The van der Waals surface area contributed by atoms with E-state index < -0.39 is 17.7 Å². The van der Waals surface area contributed by atoms with Crippen molar-refractivity contribution < 1.29 is 23.1 Å². The zero-order valence-corrected chi connectivity index (χ0v) is 21.8. The van der Waals surface area contributed by atoms with Crippen LogP contribution in [0.1, 0.15) is 11.1 Å². The Balaban J connectivity index is 0.000000532. The van der Waals surface area contributed by atoms with Gasteiger partial charge >= 0.3 is 6.03 Å². The molecule has 0 unspecified atom stereocenters. The van der Waals surface area contributed by atoms with Crippen LogP contribution >= 0.6 is 0 Å². The summed E-state index contributed by atoms with van der Waals surface area (Å²) in [6.07, 6.45) is 4.16. The topological polar surface area (TPSA) is 120 Å². The molecule has 3 amide bonds. The highest BCUT2D eigenvalue weighted by Gasteiger charge is 2.12. The maximum Gasteiger partial charge on any atom is 0.323 e. The number of pyridine rings is 1. The number of benzene rings is 2. The number of carbonyl (C=O) groups excluding carboxylic acids is 2. The first-order valence-electron chi connectivity index (χ1n) is 12.0. The Kier molecular flexibility index (Phi) is 10.5. The zero-order valence-electron chi connectivity index (χ0n) is 21.8. The minimum atomic E-state index is -0.762. The highest BCUT2D eigenvalue weighted by Crippen LogP contribution is 2.28. The fraction of sp³-hybridized carbons (Fsp3) is 0.179. The van der Waals surface area contributed by atoms with E-state index in [9.17, 15) is 18.4 Å². The van der Waals surface area contributed by atoms with Crippen LogP contribution in [0.5, 0.6) is 11.5 Å². The van der Waals surface area contributed by atoms with Gasteiger partial charge < -0.3 is 31.0 Å². The maximum atomic E-state index is 14.5. The number of nitrogens with one attached hydrogen (secondary N) is 5. The van der Waals surface area contributed by atoms with Gasteiger partial charge in [0.2, 0.25) is 6.41 Å². The third kappa shape index (κ3) is 8.93. The van der Waals surface area contributed by atoms with E-state index in [-0.39, 0.29) is 17.1 Å². The van der Waals surface area contributed by atoms with E-state index >= 15 is 0 Å². The second-order valence-corrected chi connectivity index (χ2v) is 8.45. The largest absolute Gasteiger partial charge is 0.457 e. The van der Waals surface area contributed by atoms with E-state index in [4.69, 9.17) is 4.74 Å². The lowest BCUT2D eigenvalue weighted by atomic mass is 10.2. The van der Waals surface area contributed by atoms with Crippen LogP contribution in [0.25, 0.3) is 11.4 Å². The molecule has 0 saturated heterocycles. The second-order valence-electron chi connectivity index (χ2n) is 8.45. The minimum Gasteiger partial charge on any atom is -0.457 e. The van der Waals surface area contributed by atoms with Gasteiger partial charge in [0.05, 0.1) is 22.8 Å². The molecule has 0 spiro atoms. The predicted molar refractivity (Wildman–Crippen MR) is 147 cm³/mol. The maximum absolute atomic E-state index is 14.5. The van der Waals surface area contributed by atoms with Crippen molar-refractivity contribution in [2.75, 3.05) is 30.8 Å². The van der Waals surface area contributed by atoms with Gasteiger partial charge in [-0.3, -0.25) is 9.78 Å². The van der Waals surface area contributed by atoms with Crippen LogP contribution in [0.2, 0.25) is 0 Å². The van der Waals surface area contributed by atoms with Crippen molar-refractivity contribution in [3.8, 4) is 22.9 Å². The van der Waals surface area contributed by atoms with Crippen LogP contribution in [0.3, 0.4) is 0 Å². The number of aromatic nitrogens is 2. The van der Waals surface area contributed by atoms with Crippen molar-refractivity contribution in [1.29, 1.82) is 0 Å². The van der Waals surface area contributed by atoms with Crippen molar-refractivity contribution in [2.45, 2.75) is 13.8 Å². The number of halogens is 2. The molecular formula is C28H30F2N6O3. The number of nitrogens with zero attached hydrogens (tertiary/aromatic N) is 1. The molecule has 0 aliphatic carbocycles. The summed E-state index contributed by atoms with van der Waals surface area (Å²) in [6, 6.07) is 13.0. The fourth-order valence-electron chi connectivity index (χ4n) is 3.34. The number of aryl methyl sites for hydroxylation is 2. The Bertz CT molecular complexity index is 1410. The predicted octanol–water partition coefficient (Wildman–Crippen LogP) is 5.36. The Morgan fingerprint density at radius 3 is 2.38 bits per heavy atom. The number of likely N-dealkylation sites (N-methyl/N-ethyl adjacent to an activating group) is 1. The number of aromatic amines is 1. The Morgan fingerprint density at radius 1 is 0.923 bits per heavy atom. The molecule has 9 nitrogen and oxygen atoms in total. The lowest BCUT2D eigenvalue weighted by Crippen LogP contribution is -2.23. The number of ether oxygens (including phenoxy) is 1. The second kappa shape index (κ2) is 14.2. The fourth-order valence-corrected chi connectivity index (χ4v) is 3.34. The molecule has 0 fully saturated rings. The van der Waals surface area contributed by atoms with E-state index in [1.807, 2.05) is 26.2 Å². The molecule has 5 N–H and O–H groups in total. The minimum absolute atomic E-state index is 0.00798. The third-order valence-corrected chi connectivity index (χ3v) is 5.23. The lowest BCUT2D eigenvalue weighted by Gasteiger charge is -2.11. The number of hydrogen-bond acceptors (Lipinski definition) is 5. The SMILES string of the molecule is CNCCNC=O.Cc1c[nH]c(-c2cc(Oc3ccc(NC(=O)Nc4cc(C)ccc4F)c(F)c3)ccn2)c1. The summed E-state index contributed by atoms with van der Waals surface area (Å²) in [4.78, 5) is 29.1. The van der Waals surface area contributed by atoms with Crippen molar-refractivity contribution >= 4 is 23.8 Å². The van der Waals surface area contributed by atoms with Gasteiger partial charge in [-0.1, -0.05) is 6.07 Å². The van der Waals surface area contributed by atoms with E-state index in [2.05, 4.69) is 31.2 Å². The van der Waals surface area contributed by atoms with Crippen molar-refractivity contribution in [1.82, 2.24) is 20.6 Å². The highest BCUT2D eigenvalue weighted by atomic mass is 19.1. The highest BCUT2D eigenvalue weighted by molar-refractivity contribution is 6.00. The van der Waals surface area contributed by atoms with Crippen molar-refractivity contribution in [3.05, 3.63) is 89.8 Å². The number of anilines is 2. The lowest BCUT2D eigenvalue weighted by molar-refractivity contribution is -0.109. The van der Waals surface area contributed by atoms with Gasteiger partial charge in [0, 0.05) is 37.6 Å². The molecule has 0 aliphatic heterocycles. The number of amides is 3. The number of rotatable bonds is 9. The van der Waals surface area contributed by atoms with Crippen molar-refractivity contribution in [3.63, 3.8) is 0 Å². The number of H-pyrrole nitrogens is 1. The number of urea groups is 1. The summed E-state index contributed by atoms with van der Waals surface area (Å²) in [7, 11) is 1.84. The molecule has 4 aromatic rings. The molecule has 0 bridgehead atoms. The van der Waals surface area contributed by atoms with Gasteiger partial charge in [0.15, 0.2) is 0 Å². The van der Waals surface area contributed by atoms with Gasteiger partial charge in [-0.25, -0.2) is 13.6 Å². The molecule has 0 aliphatic rings. The smallest absolute Gasteiger partial charge is 0.323 e. The number of carbonyl (C=O) groups is 2. The third-order valence-electron chi connectivity index (χ3n) is 5.23. The summed E-state index contributed by atoms with van der Waals surface area (Å²) < 4.78 is 34.1. The normalized spacial score (nSPS) is 10.2. The number of hydrogen-bond donors (Lipinski definition) is 5. The van der Waals surface area contributed by atoms with E-state index in [0.717, 1.165) is 29.4 Å². The van der Waals surface area contributed by atoms with E-state index in [0.29, 0.717) is 24.4 Å². The summed E-state index contributed by atoms with van der Waals surface area (Å²) in [5.74, 6) is -0.550. The first-order valence-corrected chi connectivity index (χ1v) is 12.0. The molecule has 4 rings (SSSR count). The molecule has 0 atom stereocenters. The first kappa shape index (κ1) is 28.8. The Labute approximate surface area is 225 Å². The molecule has 39 heavy (non-hydrogen) atoms. The van der Waals surface area contributed by atoms with Crippen LogP contribution in [0, 0.1) is 25.5 Å².